The fourth-order valence-electron chi connectivity index (χ4n) is 0.497. The number of carboxylic acid groups (broad SMARTS) is 1. The molecule has 3 heteroatoms. The second kappa shape index (κ2) is 7.22. The van der Waals surface area contributed by atoms with E-state index in [4.69, 9.17) is 5.11 Å². The number of hydrogen-bond donors (Lipinski definition) is 1. The van der Waals surface area contributed by atoms with Crippen molar-refractivity contribution < 1.29 is 9.90 Å². The minimum absolute atomic E-state index is 0. The number of hydrogen-bond acceptors (Lipinski definition) is 1. The summed E-state index contributed by atoms with van der Waals surface area (Å²) in [5.41, 5.74) is 0.317. The quantitative estimate of drug-likeness (QED) is 0.773. The molecular weight excluding hydrogens is 325 g/mol. The van der Waals surface area contributed by atoms with Crippen molar-refractivity contribution in [3.05, 3.63) is 12.2 Å². The fourth-order valence-corrected chi connectivity index (χ4v) is 0.497. The SMILES string of the molecule is C=C(CCCC)C(=O)O.[PoH2]. The number of carbonyl (C=O) groups is 1. The second-order valence-electron chi connectivity index (χ2n) is 2.01. The monoisotopic (exact) mass is 339 g/mol. The maximum absolute atomic E-state index is 10.1. The zero-order chi connectivity index (χ0) is 7.28. The Bertz CT molecular complexity index is 121. The zero-order valence-corrected chi connectivity index (χ0v) is 10.1. The minimum atomic E-state index is -0.872. The number of carboxylic acids is 1. The van der Waals surface area contributed by atoms with Gasteiger partial charge >= 0.3 is 32.5 Å². The number of unbranched alkanes of at least 4 members (excludes halogenated alkanes) is 1. The van der Waals surface area contributed by atoms with Crippen molar-refractivity contribution >= 4 is 32.5 Å². The van der Waals surface area contributed by atoms with Gasteiger partial charge in [-0.1, -0.05) is 19.9 Å². The number of aliphatic carboxylic acids is 1. The summed E-state index contributed by atoms with van der Waals surface area (Å²) in [6.45, 7) is 5.42. The summed E-state index contributed by atoms with van der Waals surface area (Å²) in [5.74, 6) is -0.872. The summed E-state index contributed by atoms with van der Waals surface area (Å²) in [4.78, 5) is 10.1. The average molecular weight is 339 g/mol. The molecule has 0 heterocycles. The molecule has 0 amide bonds. The predicted molar refractivity (Wildman–Crippen MR) is 44.8 cm³/mol. The Morgan fingerprint density at radius 1 is 1.60 bits per heavy atom. The molecule has 0 spiro atoms. The van der Waals surface area contributed by atoms with Gasteiger partial charge in [-0.2, -0.15) is 0 Å². The fraction of sp³-hybridized carbons (Fsp3) is 0.571. The Labute approximate surface area is 80.8 Å². The molecule has 0 fully saturated rings. The van der Waals surface area contributed by atoms with E-state index in [1.165, 1.54) is 0 Å². The first-order valence-corrected chi connectivity index (χ1v) is 3.09. The molecule has 0 aromatic rings. The molecule has 0 rings (SSSR count). The van der Waals surface area contributed by atoms with Crippen LogP contribution in [0.25, 0.3) is 0 Å². The molecule has 0 bridgehead atoms. The van der Waals surface area contributed by atoms with Gasteiger partial charge in [-0.05, 0) is 12.8 Å². The molecule has 0 saturated carbocycles. The van der Waals surface area contributed by atoms with Gasteiger partial charge in [0.25, 0.3) is 0 Å². The van der Waals surface area contributed by atoms with E-state index in [0.717, 1.165) is 12.8 Å². The standard InChI is InChI=1S/C7H12O2.Po.2H/c1-3-4-5-6(2)7(8)9;;;/h2-5H2,1H3,(H,8,9);;;. The van der Waals surface area contributed by atoms with E-state index in [1.807, 2.05) is 6.92 Å². The van der Waals surface area contributed by atoms with Gasteiger partial charge in [0.15, 0.2) is 0 Å². The molecule has 0 aliphatic heterocycles. The van der Waals surface area contributed by atoms with Crippen LogP contribution in [-0.2, 0) is 4.79 Å². The topological polar surface area (TPSA) is 37.3 Å². The van der Waals surface area contributed by atoms with Gasteiger partial charge in [0.1, 0.15) is 0 Å². The molecule has 0 unspecified atom stereocenters. The molecule has 0 radical (unpaired) electrons. The van der Waals surface area contributed by atoms with Crippen LogP contribution in [0.1, 0.15) is 26.2 Å². The summed E-state index contributed by atoms with van der Waals surface area (Å²) in [6.07, 6.45) is 2.56. The Morgan fingerprint density at radius 2 is 2.10 bits per heavy atom. The van der Waals surface area contributed by atoms with Crippen LogP contribution >= 0.6 is 0 Å². The summed E-state index contributed by atoms with van der Waals surface area (Å²) in [5, 5.41) is 8.31. The normalized spacial score (nSPS) is 8.10. The molecule has 0 aromatic heterocycles. The van der Waals surface area contributed by atoms with Gasteiger partial charge in [-0.15, -0.1) is 0 Å². The van der Waals surface area contributed by atoms with Gasteiger partial charge in [0.05, 0.1) is 0 Å². The summed E-state index contributed by atoms with van der Waals surface area (Å²) >= 11 is 0. The first-order chi connectivity index (χ1) is 4.18. The average Bonchev–Trinajstić information content (AvgIpc) is 1.82. The summed E-state index contributed by atoms with van der Waals surface area (Å²) in [7, 11) is 0. The first kappa shape index (κ1) is 12.8. The molecule has 0 aliphatic carbocycles. The van der Waals surface area contributed by atoms with Crippen LogP contribution in [0.3, 0.4) is 0 Å². The van der Waals surface area contributed by atoms with E-state index < -0.39 is 5.97 Å². The van der Waals surface area contributed by atoms with Gasteiger partial charge in [-0.3, -0.25) is 0 Å². The molecule has 0 aliphatic rings. The Balaban J connectivity index is 0. The van der Waals surface area contributed by atoms with Crippen LogP contribution in [0.5, 0.6) is 0 Å². The van der Waals surface area contributed by atoms with Crippen molar-refractivity contribution in [1.29, 1.82) is 0 Å². The Morgan fingerprint density at radius 3 is 2.40 bits per heavy atom. The molecule has 0 atom stereocenters. The predicted octanol–water partition coefficient (Wildman–Crippen LogP) is 0.901. The second-order valence-corrected chi connectivity index (χ2v) is 2.01. The Hall–Kier alpha value is 0.106. The van der Waals surface area contributed by atoms with Crippen molar-refractivity contribution in [2.45, 2.75) is 26.2 Å². The van der Waals surface area contributed by atoms with Gasteiger partial charge in [0.2, 0.25) is 0 Å². The Kier molecular flexibility index (Phi) is 9.20. The van der Waals surface area contributed by atoms with Crippen LogP contribution in [0, 0.1) is 0 Å². The van der Waals surface area contributed by atoms with Crippen LogP contribution in [0.4, 0.5) is 0 Å². The van der Waals surface area contributed by atoms with Crippen LogP contribution in [-0.4, -0.2) is 37.6 Å². The third kappa shape index (κ3) is 6.23. The van der Waals surface area contributed by atoms with E-state index >= 15 is 0 Å². The van der Waals surface area contributed by atoms with E-state index in [1.54, 1.807) is 0 Å². The summed E-state index contributed by atoms with van der Waals surface area (Å²) < 4.78 is 0. The van der Waals surface area contributed by atoms with Crippen LogP contribution < -0.4 is 0 Å². The molecular formula is C7H14O2Po. The molecule has 2 nitrogen and oxygen atoms in total. The van der Waals surface area contributed by atoms with Crippen molar-refractivity contribution in [3.63, 3.8) is 0 Å². The van der Waals surface area contributed by atoms with Crippen LogP contribution in [0.15, 0.2) is 12.2 Å². The van der Waals surface area contributed by atoms with Crippen LogP contribution in [0.2, 0.25) is 0 Å². The van der Waals surface area contributed by atoms with E-state index in [0.29, 0.717) is 12.0 Å². The molecule has 0 aromatic carbocycles. The molecule has 0 saturated heterocycles. The van der Waals surface area contributed by atoms with Crippen molar-refractivity contribution in [1.82, 2.24) is 0 Å². The van der Waals surface area contributed by atoms with Gasteiger partial charge < -0.3 is 5.11 Å². The third-order valence-corrected chi connectivity index (χ3v) is 1.13. The molecule has 60 valence electrons. The van der Waals surface area contributed by atoms with E-state index in [2.05, 4.69) is 6.58 Å². The molecule has 10 heavy (non-hydrogen) atoms. The van der Waals surface area contributed by atoms with E-state index in [9.17, 15) is 4.79 Å². The van der Waals surface area contributed by atoms with Gasteiger partial charge in [0, 0.05) is 5.57 Å². The third-order valence-electron chi connectivity index (χ3n) is 1.13. The maximum atomic E-state index is 10.1. The first-order valence-electron chi connectivity index (χ1n) is 3.09. The zero-order valence-electron chi connectivity index (χ0n) is 6.18. The number of rotatable bonds is 4. The molecule has 1 N–H and O–H groups in total. The van der Waals surface area contributed by atoms with Crippen molar-refractivity contribution in [2.24, 2.45) is 0 Å². The van der Waals surface area contributed by atoms with Crippen molar-refractivity contribution in [2.75, 3.05) is 0 Å². The van der Waals surface area contributed by atoms with Gasteiger partial charge in [-0.25, -0.2) is 4.79 Å². The summed E-state index contributed by atoms with van der Waals surface area (Å²) in [6, 6.07) is 0. The van der Waals surface area contributed by atoms with E-state index in [-0.39, 0.29) is 26.6 Å². The van der Waals surface area contributed by atoms with Crippen molar-refractivity contribution in [3.8, 4) is 0 Å².